The summed E-state index contributed by atoms with van der Waals surface area (Å²) in [5, 5.41) is 27.3. The molecule has 4 atom stereocenters. The van der Waals surface area contributed by atoms with Crippen LogP contribution in [0.1, 0.15) is 0 Å². The Morgan fingerprint density at radius 3 is 2.36 bits per heavy atom. The van der Waals surface area contributed by atoms with Crippen molar-refractivity contribution in [2.75, 3.05) is 12.9 Å². The highest BCUT2D eigenvalue weighted by Crippen LogP contribution is 2.17. The van der Waals surface area contributed by atoms with E-state index in [-0.39, 0.29) is 6.61 Å². The molecule has 0 aromatic heterocycles. The molecule has 0 amide bonds. The minimum absolute atomic E-state index is 0.299. The van der Waals surface area contributed by atoms with Gasteiger partial charge in [-0.2, -0.15) is 8.42 Å². The number of rotatable bonds is 2. The Labute approximate surface area is 81.0 Å². The van der Waals surface area contributed by atoms with Gasteiger partial charge in [0.1, 0.15) is 18.3 Å². The first-order valence-electron chi connectivity index (χ1n) is 3.85. The van der Waals surface area contributed by atoms with Gasteiger partial charge in [0.2, 0.25) is 0 Å². The number of aliphatic hydroxyl groups excluding tert-OH is 3. The summed E-state index contributed by atoms with van der Waals surface area (Å²) in [6.45, 7) is -0.299. The lowest BCUT2D eigenvalue weighted by atomic mass is 10.1. The highest BCUT2D eigenvalue weighted by atomic mass is 32.2. The van der Waals surface area contributed by atoms with Crippen LogP contribution >= 0.6 is 0 Å². The zero-order valence-electron chi connectivity index (χ0n) is 7.40. The Morgan fingerprint density at radius 2 is 1.86 bits per heavy atom. The van der Waals surface area contributed by atoms with Crippen molar-refractivity contribution in [2.24, 2.45) is 0 Å². The fraction of sp³-hybridized carbons (Fsp3) is 1.00. The van der Waals surface area contributed by atoms with Crippen molar-refractivity contribution >= 4 is 10.1 Å². The van der Waals surface area contributed by atoms with E-state index < -0.39 is 34.7 Å². The fourth-order valence-corrected chi connectivity index (χ4v) is 1.71. The van der Waals surface area contributed by atoms with Crippen molar-refractivity contribution in [3.8, 4) is 0 Å². The first-order valence-corrected chi connectivity index (χ1v) is 5.67. The van der Waals surface area contributed by atoms with Gasteiger partial charge in [0.15, 0.2) is 6.29 Å². The summed E-state index contributed by atoms with van der Waals surface area (Å²) in [7, 11) is -3.73. The van der Waals surface area contributed by atoms with Gasteiger partial charge in [-0.05, 0) is 0 Å². The molecule has 14 heavy (non-hydrogen) atoms. The van der Waals surface area contributed by atoms with Gasteiger partial charge in [-0.25, -0.2) is 0 Å². The van der Waals surface area contributed by atoms with E-state index in [0.717, 1.165) is 6.26 Å². The third-order valence-corrected chi connectivity index (χ3v) is 2.35. The lowest BCUT2D eigenvalue weighted by molar-refractivity contribution is -0.247. The van der Waals surface area contributed by atoms with Gasteiger partial charge in [-0.3, -0.25) is 4.18 Å². The van der Waals surface area contributed by atoms with Crippen molar-refractivity contribution in [3.63, 3.8) is 0 Å². The molecule has 0 bridgehead atoms. The van der Waals surface area contributed by atoms with Crippen molar-refractivity contribution < 1.29 is 32.7 Å². The zero-order chi connectivity index (χ0) is 10.9. The standard InChI is InChI=1S/C6H12O7S/c1-14(10,11)13-3-2-12-6(9)5(8)4(3)7/h3-9H,2H2,1H3/t3-,4-,5-,6-/m1/s1. The van der Waals surface area contributed by atoms with Gasteiger partial charge in [0.05, 0.1) is 12.9 Å². The van der Waals surface area contributed by atoms with Crippen molar-refractivity contribution in [3.05, 3.63) is 0 Å². The van der Waals surface area contributed by atoms with Crippen LogP contribution in [0.25, 0.3) is 0 Å². The molecule has 1 aliphatic heterocycles. The number of aliphatic hydroxyl groups is 3. The summed E-state index contributed by atoms with van der Waals surface area (Å²) in [6, 6.07) is 0. The first kappa shape index (κ1) is 11.8. The lowest BCUT2D eigenvalue weighted by Crippen LogP contribution is -2.54. The molecule has 0 radical (unpaired) electrons. The van der Waals surface area contributed by atoms with Crippen LogP contribution in [-0.2, 0) is 19.0 Å². The molecule has 1 fully saturated rings. The van der Waals surface area contributed by atoms with E-state index in [9.17, 15) is 13.5 Å². The normalized spacial score (nSPS) is 39.7. The predicted molar refractivity (Wildman–Crippen MR) is 43.7 cm³/mol. The predicted octanol–water partition coefficient (Wildman–Crippen LogP) is -2.60. The molecule has 3 N–H and O–H groups in total. The number of hydrogen-bond donors (Lipinski definition) is 3. The van der Waals surface area contributed by atoms with Gasteiger partial charge in [-0.1, -0.05) is 0 Å². The topological polar surface area (TPSA) is 113 Å². The molecule has 1 saturated heterocycles. The van der Waals surface area contributed by atoms with Crippen LogP contribution < -0.4 is 0 Å². The van der Waals surface area contributed by atoms with Gasteiger partial charge in [-0.15, -0.1) is 0 Å². The Balaban J connectivity index is 2.64. The van der Waals surface area contributed by atoms with Gasteiger partial charge >= 0.3 is 0 Å². The van der Waals surface area contributed by atoms with Crippen LogP contribution in [0.5, 0.6) is 0 Å². The van der Waals surface area contributed by atoms with Crippen LogP contribution in [0.2, 0.25) is 0 Å². The fourth-order valence-electron chi connectivity index (χ4n) is 1.09. The molecule has 0 aliphatic carbocycles. The molecule has 0 unspecified atom stereocenters. The summed E-state index contributed by atoms with van der Waals surface area (Å²) < 4.78 is 30.4. The van der Waals surface area contributed by atoms with E-state index in [1.807, 2.05) is 0 Å². The van der Waals surface area contributed by atoms with E-state index in [2.05, 4.69) is 8.92 Å². The van der Waals surface area contributed by atoms with Crippen molar-refractivity contribution in [1.29, 1.82) is 0 Å². The van der Waals surface area contributed by atoms with Crippen LogP contribution in [0.4, 0.5) is 0 Å². The zero-order valence-corrected chi connectivity index (χ0v) is 8.22. The molecule has 0 saturated carbocycles. The molecule has 1 rings (SSSR count). The van der Waals surface area contributed by atoms with Crippen LogP contribution in [0, 0.1) is 0 Å². The van der Waals surface area contributed by atoms with Crippen LogP contribution in [0.3, 0.4) is 0 Å². The molecule has 0 aromatic carbocycles. The maximum absolute atomic E-state index is 10.7. The van der Waals surface area contributed by atoms with E-state index in [0.29, 0.717) is 0 Å². The highest BCUT2D eigenvalue weighted by molar-refractivity contribution is 7.86. The molecule has 1 heterocycles. The van der Waals surface area contributed by atoms with Crippen LogP contribution in [-0.4, -0.2) is 61.2 Å². The molecule has 7 nitrogen and oxygen atoms in total. The van der Waals surface area contributed by atoms with E-state index in [1.165, 1.54) is 0 Å². The van der Waals surface area contributed by atoms with Crippen LogP contribution in [0.15, 0.2) is 0 Å². The minimum Gasteiger partial charge on any atom is -0.387 e. The smallest absolute Gasteiger partial charge is 0.264 e. The first-order chi connectivity index (χ1) is 6.31. The minimum atomic E-state index is -3.73. The Bertz CT molecular complexity index is 287. The van der Waals surface area contributed by atoms with Gasteiger partial charge in [0.25, 0.3) is 10.1 Å². The largest absolute Gasteiger partial charge is 0.387 e. The Morgan fingerprint density at radius 1 is 1.29 bits per heavy atom. The van der Waals surface area contributed by atoms with Crippen molar-refractivity contribution in [1.82, 2.24) is 0 Å². The van der Waals surface area contributed by atoms with E-state index >= 15 is 0 Å². The Hall–Kier alpha value is -0.250. The molecule has 8 heteroatoms. The molecular weight excluding hydrogens is 216 g/mol. The molecule has 0 aromatic rings. The third-order valence-electron chi connectivity index (χ3n) is 1.75. The highest BCUT2D eigenvalue weighted by Gasteiger charge is 2.39. The number of hydrogen-bond acceptors (Lipinski definition) is 7. The maximum Gasteiger partial charge on any atom is 0.264 e. The molecule has 84 valence electrons. The number of ether oxygens (including phenoxy) is 1. The molecule has 1 aliphatic rings. The summed E-state index contributed by atoms with van der Waals surface area (Å²) in [4.78, 5) is 0. The monoisotopic (exact) mass is 228 g/mol. The molecular formula is C6H12O7S. The summed E-state index contributed by atoms with van der Waals surface area (Å²) in [6.07, 6.45) is -4.96. The maximum atomic E-state index is 10.7. The second-order valence-electron chi connectivity index (χ2n) is 3.04. The summed E-state index contributed by atoms with van der Waals surface area (Å²) in [5.74, 6) is 0. The van der Waals surface area contributed by atoms with Crippen molar-refractivity contribution in [2.45, 2.75) is 24.6 Å². The average molecular weight is 228 g/mol. The third kappa shape index (κ3) is 2.87. The van der Waals surface area contributed by atoms with E-state index in [4.69, 9.17) is 10.2 Å². The SMILES string of the molecule is CS(=O)(=O)O[C@@H]1CO[C@@H](O)[C@H](O)[C@@H]1O. The lowest BCUT2D eigenvalue weighted by Gasteiger charge is -2.33. The average Bonchev–Trinajstić information content (AvgIpc) is 2.04. The second-order valence-corrected chi connectivity index (χ2v) is 4.64. The second kappa shape index (κ2) is 4.09. The summed E-state index contributed by atoms with van der Waals surface area (Å²) >= 11 is 0. The van der Waals surface area contributed by atoms with Gasteiger partial charge in [0, 0.05) is 0 Å². The Kier molecular flexibility index (Phi) is 3.45. The summed E-state index contributed by atoms with van der Waals surface area (Å²) in [5.41, 5.74) is 0. The molecule has 0 spiro atoms. The van der Waals surface area contributed by atoms with Gasteiger partial charge < -0.3 is 20.1 Å². The quantitative estimate of drug-likeness (QED) is 0.444. The van der Waals surface area contributed by atoms with E-state index in [1.54, 1.807) is 0 Å².